The van der Waals surface area contributed by atoms with Crippen LogP contribution in [0.15, 0.2) is 99.6 Å². The van der Waals surface area contributed by atoms with Crippen molar-refractivity contribution in [3.63, 3.8) is 0 Å². The second-order valence-corrected chi connectivity index (χ2v) is 8.68. The lowest BCUT2D eigenvalue weighted by molar-refractivity contribution is -0.275. The molecule has 3 aromatic carbocycles. The van der Waals surface area contributed by atoms with Gasteiger partial charge in [0.15, 0.2) is 14.7 Å². The summed E-state index contributed by atoms with van der Waals surface area (Å²) in [5.41, 5.74) is 1.46. The summed E-state index contributed by atoms with van der Waals surface area (Å²) in [7, 11) is -0.0317. The molecule has 3 nitrogen and oxygen atoms in total. The van der Waals surface area contributed by atoms with Gasteiger partial charge in [0, 0.05) is 0 Å². The Hall–Kier alpha value is -2.72. The molecule has 0 saturated heterocycles. The number of aryl methyl sites for hydroxylation is 1. The molecule has 0 amide bonds. The summed E-state index contributed by atoms with van der Waals surface area (Å²) in [4.78, 5) is 12.6. The third-order valence-corrected chi connectivity index (χ3v) is 6.67. The second-order valence-electron chi connectivity index (χ2n) is 6.65. The first kappa shape index (κ1) is 22.6. The quantitative estimate of drug-likeness (QED) is 0.379. The highest BCUT2D eigenvalue weighted by molar-refractivity contribution is 7.97. The van der Waals surface area contributed by atoms with Gasteiger partial charge in [0.1, 0.15) is 0 Å². The molecule has 3 aromatic rings. The summed E-state index contributed by atoms with van der Waals surface area (Å²) in [6, 6.07) is 31.0. The minimum absolute atomic E-state index is 0.0317. The van der Waals surface area contributed by atoms with Crippen LogP contribution in [0, 0.1) is 0 Å². The second kappa shape index (κ2) is 12.7. The maximum atomic E-state index is 8.44. The van der Waals surface area contributed by atoms with Gasteiger partial charge in [-0.15, -0.1) is 0 Å². The van der Waals surface area contributed by atoms with Crippen LogP contribution in [0.1, 0.15) is 38.2 Å². The van der Waals surface area contributed by atoms with Gasteiger partial charge in [0.2, 0.25) is 6.16 Å². The molecule has 0 atom stereocenters. The Kier molecular flexibility index (Phi) is 9.87. The molecule has 0 saturated carbocycles. The SMILES string of the molecule is CCCCCCc1ccc([S+](c2ccccc2)c2ccccc2)cc1.O=C([O-])O. The fourth-order valence-electron chi connectivity index (χ4n) is 3.07. The molecule has 29 heavy (non-hydrogen) atoms. The normalized spacial score (nSPS) is 10.3. The largest absolute Gasteiger partial charge is 0.565 e. The molecule has 0 heterocycles. The molecular formula is C25H28O3S. The first-order valence-electron chi connectivity index (χ1n) is 9.95. The fourth-order valence-corrected chi connectivity index (χ4v) is 5.15. The van der Waals surface area contributed by atoms with E-state index < -0.39 is 6.16 Å². The molecule has 1 N–H and O–H groups in total. The molecule has 0 radical (unpaired) electrons. The first-order valence-corrected chi connectivity index (χ1v) is 11.2. The van der Waals surface area contributed by atoms with Crippen LogP contribution in [-0.2, 0) is 17.3 Å². The Bertz CT molecular complexity index is 789. The summed E-state index contributed by atoms with van der Waals surface area (Å²) in [5.74, 6) is 0. The molecule has 0 bridgehead atoms. The van der Waals surface area contributed by atoms with Crippen molar-refractivity contribution < 1.29 is 15.0 Å². The zero-order valence-electron chi connectivity index (χ0n) is 16.8. The predicted octanol–water partition coefficient (Wildman–Crippen LogP) is 5.79. The van der Waals surface area contributed by atoms with Crippen LogP contribution in [0.5, 0.6) is 0 Å². The van der Waals surface area contributed by atoms with Gasteiger partial charge >= 0.3 is 0 Å². The van der Waals surface area contributed by atoms with Crippen LogP contribution >= 0.6 is 0 Å². The summed E-state index contributed by atoms with van der Waals surface area (Å²) < 4.78 is 0. The Morgan fingerprint density at radius 2 is 1.21 bits per heavy atom. The average molecular weight is 409 g/mol. The average Bonchev–Trinajstić information content (AvgIpc) is 2.74. The number of rotatable bonds is 8. The molecule has 4 heteroatoms. The molecule has 0 aliphatic rings. The highest BCUT2D eigenvalue weighted by Gasteiger charge is 2.27. The van der Waals surface area contributed by atoms with Gasteiger partial charge in [-0.2, -0.15) is 0 Å². The highest BCUT2D eigenvalue weighted by Crippen LogP contribution is 2.31. The molecule has 0 aliphatic heterocycles. The van der Waals surface area contributed by atoms with E-state index in [1.807, 2.05) is 0 Å². The van der Waals surface area contributed by atoms with Crippen LogP contribution < -0.4 is 5.11 Å². The van der Waals surface area contributed by atoms with Crippen molar-refractivity contribution >= 4 is 17.1 Å². The molecular weight excluding hydrogens is 380 g/mol. The van der Waals surface area contributed by atoms with Gasteiger partial charge < -0.3 is 15.0 Å². The van der Waals surface area contributed by atoms with Gasteiger partial charge in [-0.25, -0.2) is 0 Å². The number of hydrogen-bond donors (Lipinski definition) is 1. The van der Waals surface area contributed by atoms with E-state index in [1.54, 1.807) is 0 Å². The van der Waals surface area contributed by atoms with Gasteiger partial charge in [-0.1, -0.05) is 74.7 Å². The Morgan fingerprint density at radius 3 is 1.66 bits per heavy atom. The van der Waals surface area contributed by atoms with E-state index >= 15 is 0 Å². The van der Waals surface area contributed by atoms with Crippen LogP contribution in [-0.4, -0.2) is 11.3 Å². The van der Waals surface area contributed by atoms with Crippen molar-refractivity contribution in [2.45, 2.75) is 53.7 Å². The Labute approximate surface area is 176 Å². The Morgan fingerprint density at radius 1 is 0.759 bits per heavy atom. The van der Waals surface area contributed by atoms with E-state index in [9.17, 15) is 0 Å². The highest BCUT2D eigenvalue weighted by atomic mass is 32.2. The maximum absolute atomic E-state index is 8.44. The molecule has 152 valence electrons. The van der Waals surface area contributed by atoms with Crippen LogP contribution in [0.3, 0.4) is 0 Å². The summed E-state index contributed by atoms with van der Waals surface area (Å²) in [6.07, 6.45) is 4.41. The number of hydrogen-bond acceptors (Lipinski definition) is 2. The van der Waals surface area contributed by atoms with Crippen molar-refractivity contribution in [1.29, 1.82) is 0 Å². The summed E-state index contributed by atoms with van der Waals surface area (Å²) in [5, 5.41) is 15.3. The molecule has 0 fully saturated rings. The van der Waals surface area contributed by atoms with Crippen molar-refractivity contribution in [2.75, 3.05) is 0 Å². The number of unbranched alkanes of at least 4 members (excludes halogenated alkanes) is 3. The molecule has 0 unspecified atom stereocenters. The van der Waals surface area contributed by atoms with Crippen LogP contribution in [0.4, 0.5) is 4.79 Å². The third-order valence-electron chi connectivity index (χ3n) is 4.44. The van der Waals surface area contributed by atoms with Gasteiger partial charge in [-0.05, 0) is 54.8 Å². The maximum Gasteiger partial charge on any atom is 0.249 e. The summed E-state index contributed by atoms with van der Waals surface area (Å²) in [6.45, 7) is 2.27. The molecule has 0 aliphatic carbocycles. The molecule has 3 rings (SSSR count). The van der Waals surface area contributed by atoms with Crippen LogP contribution in [0.2, 0.25) is 0 Å². The van der Waals surface area contributed by atoms with E-state index in [2.05, 4.69) is 91.9 Å². The van der Waals surface area contributed by atoms with Crippen LogP contribution in [0.25, 0.3) is 0 Å². The Balaban J connectivity index is 0.000000687. The zero-order valence-corrected chi connectivity index (χ0v) is 17.6. The lowest BCUT2D eigenvalue weighted by atomic mass is 10.1. The fraction of sp³-hybridized carbons (Fsp3) is 0.240. The van der Waals surface area contributed by atoms with E-state index in [-0.39, 0.29) is 10.9 Å². The lowest BCUT2D eigenvalue weighted by Crippen LogP contribution is -2.17. The third kappa shape index (κ3) is 8.04. The van der Waals surface area contributed by atoms with Crippen molar-refractivity contribution in [2.24, 2.45) is 0 Å². The lowest BCUT2D eigenvalue weighted by Gasteiger charge is -2.08. The van der Waals surface area contributed by atoms with Crippen molar-refractivity contribution in [3.8, 4) is 0 Å². The molecule has 0 spiro atoms. The summed E-state index contributed by atoms with van der Waals surface area (Å²) >= 11 is 0. The first-order chi connectivity index (χ1) is 14.1. The van der Waals surface area contributed by atoms with E-state index in [0.29, 0.717) is 0 Å². The van der Waals surface area contributed by atoms with E-state index in [0.717, 1.165) is 0 Å². The van der Waals surface area contributed by atoms with Crippen molar-refractivity contribution in [1.82, 2.24) is 0 Å². The van der Waals surface area contributed by atoms with Gasteiger partial charge in [-0.3, -0.25) is 0 Å². The van der Waals surface area contributed by atoms with E-state index in [1.165, 1.54) is 52.4 Å². The predicted molar refractivity (Wildman–Crippen MR) is 117 cm³/mol. The monoisotopic (exact) mass is 408 g/mol. The topological polar surface area (TPSA) is 60.4 Å². The van der Waals surface area contributed by atoms with E-state index in [4.69, 9.17) is 15.0 Å². The standard InChI is InChI=1S/C24H27S.CH2O3/c1-2-3-4-7-12-21-17-19-24(20-18-21)25(22-13-8-5-9-14-22)23-15-10-6-11-16-23;2-1(3)4/h5-6,8-11,13-20H,2-4,7,12H2,1H3;(H2,2,3,4)/q+1;/p-1. The zero-order chi connectivity index (χ0) is 20.9. The van der Waals surface area contributed by atoms with Gasteiger partial charge in [0.25, 0.3) is 0 Å². The number of benzene rings is 3. The number of carboxylic acid groups (broad SMARTS) is 2. The minimum Gasteiger partial charge on any atom is -0.565 e. The number of carbonyl (C=O) groups is 1. The molecule has 0 aromatic heterocycles. The minimum atomic E-state index is -2.08. The van der Waals surface area contributed by atoms with Gasteiger partial charge in [0.05, 0.1) is 10.9 Å². The van der Waals surface area contributed by atoms with Crippen molar-refractivity contribution in [3.05, 3.63) is 90.5 Å². The smallest absolute Gasteiger partial charge is 0.249 e.